The van der Waals surface area contributed by atoms with Crippen molar-refractivity contribution in [1.29, 1.82) is 0 Å². The number of esters is 1. The standard InChI is InChI=1S/C24H31NO5/c1-25(2)16-19-15-22(30-23(26)17-8-10-20(28-3)11-9-17)12-13-24(19,27)18-6-5-7-21(14-18)29-4/h5-11,14,19,22,27H,12-13,15-16H2,1-4H3. The van der Waals surface area contributed by atoms with Crippen LogP contribution in [0.25, 0.3) is 0 Å². The summed E-state index contributed by atoms with van der Waals surface area (Å²) in [5.74, 6) is 0.983. The molecule has 2 aromatic rings. The second-order valence-corrected chi connectivity index (χ2v) is 8.15. The Labute approximate surface area is 178 Å². The molecular formula is C24H31NO5. The zero-order valence-corrected chi connectivity index (χ0v) is 18.1. The van der Waals surface area contributed by atoms with Crippen LogP contribution in [0.1, 0.15) is 35.2 Å². The molecule has 1 fully saturated rings. The minimum atomic E-state index is -0.998. The molecule has 6 nitrogen and oxygen atoms in total. The summed E-state index contributed by atoms with van der Waals surface area (Å²) < 4.78 is 16.3. The molecule has 0 heterocycles. The van der Waals surface area contributed by atoms with E-state index in [1.165, 1.54) is 0 Å². The summed E-state index contributed by atoms with van der Waals surface area (Å²) in [7, 11) is 7.18. The van der Waals surface area contributed by atoms with E-state index in [-0.39, 0.29) is 18.0 Å². The Hall–Kier alpha value is -2.57. The zero-order valence-electron chi connectivity index (χ0n) is 18.1. The molecule has 0 spiro atoms. The molecular weight excluding hydrogens is 382 g/mol. The third kappa shape index (κ3) is 4.94. The van der Waals surface area contributed by atoms with Gasteiger partial charge >= 0.3 is 5.97 Å². The zero-order chi connectivity index (χ0) is 21.7. The number of hydrogen-bond donors (Lipinski definition) is 1. The smallest absolute Gasteiger partial charge is 0.338 e. The largest absolute Gasteiger partial charge is 0.497 e. The Bertz CT molecular complexity index is 851. The average Bonchev–Trinajstić information content (AvgIpc) is 2.76. The van der Waals surface area contributed by atoms with Gasteiger partial charge in [0.05, 0.1) is 25.4 Å². The van der Waals surface area contributed by atoms with Gasteiger partial charge in [-0.25, -0.2) is 4.79 Å². The fourth-order valence-corrected chi connectivity index (χ4v) is 4.21. The summed E-state index contributed by atoms with van der Waals surface area (Å²) in [5, 5.41) is 11.7. The Kier molecular flexibility index (Phi) is 7.00. The molecule has 0 radical (unpaired) electrons. The number of ether oxygens (including phenoxy) is 3. The van der Waals surface area contributed by atoms with E-state index >= 15 is 0 Å². The van der Waals surface area contributed by atoms with Crippen molar-refractivity contribution in [2.45, 2.75) is 31.0 Å². The quantitative estimate of drug-likeness (QED) is 0.701. The van der Waals surface area contributed by atoms with E-state index in [9.17, 15) is 9.90 Å². The number of methoxy groups -OCH3 is 2. The van der Waals surface area contributed by atoms with E-state index in [0.717, 1.165) is 11.3 Å². The highest BCUT2D eigenvalue weighted by molar-refractivity contribution is 5.89. The van der Waals surface area contributed by atoms with Gasteiger partial charge in [0, 0.05) is 12.5 Å². The highest BCUT2D eigenvalue weighted by Crippen LogP contribution is 2.43. The maximum absolute atomic E-state index is 12.6. The van der Waals surface area contributed by atoms with Gasteiger partial charge in [0.1, 0.15) is 17.6 Å². The van der Waals surface area contributed by atoms with Gasteiger partial charge in [-0.2, -0.15) is 0 Å². The monoisotopic (exact) mass is 413 g/mol. The van der Waals surface area contributed by atoms with E-state index in [2.05, 4.69) is 4.90 Å². The molecule has 0 aliphatic heterocycles. The topological polar surface area (TPSA) is 68.2 Å². The molecule has 30 heavy (non-hydrogen) atoms. The summed E-state index contributed by atoms with van der Waals surface area (Å²) in [6.45, 7) is 0.685. The third-order valence-corrected chi connectivity index (χ3v) is 5.82. The van der Waals surface area contributed by atoms with Gasteiger partial charge in [-0.15, -0.1) is 0 Å². The van der Waals surface area contributed by atoms with Crippen molar-refractivity contribution in [3.05, 3.63) is 59.7 Å². The number of carbonyl (C=O) groups is 1. The van der Waals surface area contributed by atoms with Crippen LogP contribution in [0.3, 0.4) is 0 Å². The van der Waals surface area contributed by atoms with Crippen LogP contribution in [-0.2, 0) is 10.3 Å². The lowest BCUT2D eigenvalue weighted by atomic mass is 9.70. The summed E-state index contributed by atoms with van der Waals surface area (Å²) in [6, 6.07) is 14.5. The fourth-order valence-electron chi connectivity index (χ4n) is 4.21. The van der Waals surface area contributed by atoms with Gasteiger partial charge in [-0.05, 0) is 75.3 Å². The summed E-state index contributed by atoms with van der Waals surface area (Å²) >= 11 is 0. The number of nitrogens with zero attached hydrogens (tertiary/aromatic N) is 1. The number of carbonyl (C=O) groups excluding carboxylic acids is 1. The van der Waals surface area contributed by atoms with Crippen molar-refractivity contribution >= 4 is 5.97 Å². The lowest BCUT2D eigenvalue weighted by Gasteiger charge is -2.44. The molecule has 6 heteroatoms. The molecule has 2 aromatic carbocycles. The van der Waals surface area contributed by atoms with Crippen LogP contribution in [0.5, 0.6) is 11.5 Å². The molecule has 0 amide bonds. The Morgan fingerprint density at radius 2 is 1.80 bits per heavy atom. The molecule has 3 rings (SSSR count). The third-order valence-electron chi connectivity index (χ3n) is 5.82. The normalized spacial score (nSPS) is 23.8. The first-order chi connectivity index (χ1) is 14.4. The first-order valence-electron chi connectivity index (χ1n) is 10.2. The van der Waals surface area contributed by atoms with Crippen molar-refractivity contribution < 1.29 is 24.1 Å². The molecule has 1 aliphatic rings. The molecule has 0 saturated heterocycles. The molecule has 3 unspecified atom stereocenters. The van der Waals surface area contributed by atoms with Gasteiger partial charge in [0.15, 0.2) is 0 Å². The van der Waals surface area contributed by atoms with Crippen molar-refractivity contribution in [3.63, 3.8) is 0 Å². The van der Waals surface area contributed by atoms with Gasteiger partial charge in [0.2, 0.25) is 0 Å². The highest BCUT2D eigenvalue weighted by Gasteiger charge is 2.44. The van der Waals surface area contributed by atoms with Crippen LogP contribution in [0.2, 0.25) is 0 Å². The number of rotatable bonds is 7. The lowest BCUT2D eigenvalue weighted by molar-refractivity contribution is -0.0960. The molecule has 1 N–H and O–H groups in total. The molecule has 0 bridgehead atoms. The Morgan fingerprint density at radius 3 is 2.43 bits per heavy atom. The van der Waals surface area contributed by atoms with Gasteiger partial charge in [-0.1, -0.05) is 12.1 Å². The molecule has 1 saturated carbocycles. The first kappa shape index (κ1) is 22.1. The van der Waals surface area contributed by atoms with Crippen molar-refractivity contribution in [1.82, 2.24) is 4.90 Å². The summed E-state index contributed by atoms with van der Waals surface area (Å²) in [5.41, 5.74) is 0.337. The Morgan fingerprint density at radius 1 is 1.10 bits per heavy atom. The van der Waals surface area contributed by atoms with E-state index < -0.39 is 5.60 Å². The van der Waals surface area contributed by atoms with Crippen molar-refractivity contribution in [3.8, 4) is 11.5 Å². The maximum Gasteiger partial charge on any atom is 0.338 e. The van der Waals surface area contributed by atoms with Crippen LogP contribution in [0.4, 0.5) is 0 Å². The lowest BCUT2D eigenvalue weighted by Crippen LogP contribution is -2.47. The van der Waals surface area contributed by atoms with Crippen LogP contribution >= 0.6 is 0 Å². The van der Waals surface area contributed by atoms with Crippen molar-refractivity contribution in [2.24, 2.45) is 5.92 Å². The second-order valence-electron chi connectivity index (χ2n) is 8.15. The van der Waals surface area contributed by atoms with Crippen LogP contribution < -0.4 is 9.47 Å². The van der Waals surface area contributed by atoms with E-state index in [1.807, 2.05) is 38.4 Å². The van der Waals surface area contributed by atoms with Gasteiger partial charge < -0.3 is 24.2 Å². The molecule has 162 valence electrons. The van der Waals surface area contributed by atoms with E-state index in [4.69, 9.17) is 14.2 Å². The van der Waals surface area contributed by atoms with E-state index in [1.54, 1.807) is 38.5 Å². The second kappa shape index (κ2) is 9.49. The molecule has 1 aliphatic carbocycles. The number of hydrogen-bond acceptors (Lipinski definition) is 6. The summed E-state index contributed by atoms with van der Waals surface area (Å²) in [6.07, 6.45) is 1.46. The summed E-state index contributed by atoms with van der Waals surface area (Å²) in [4.78, 5) is 14.7. The molecule has 3 atom stereocenters. The van der Waals surface area contributed by atoms with Gasteiger partial charge in [0.25, 0.3) is 0 Å². The minimum absolute atomic E-state index is 0.0815. The maximum atomic E-state index is 12.6. The molecule has 0 aromatic heterocycles. The predicted molar refractivity (Wildman–Crippen MR) is 115 cm³/mol. The van der Waals surface area contributed by atoms with E-state index in [0.29, 0.717) is 37.1 Å². The van der Waals surface area contributed by atoms with Crippen molar-refractivity contribution in [2.75, 3.05) is 34.9 Å². The predicted octanol–water partition coefficient (Wildman–Crippen LogP) is 3.48. The number of aliphatic hydroxyl groups is 1. The minimum Gasteiger partial charge on any atom is -0.497 e. The first-order valence-corrected chi connectivity index (χ1v) is 10.2. The Balaban J connectivity index is 1.75. The van der Waals surface area contributed by atoms with Crippen LogP contribution in [-0.4, -0.2) is 56.9 Å². The van der Waals surface area contributed by atoms with Crippen LogP contribution in [0.15, 0.2) is 48.5 Å². The van der Waals surface area contributed by atoms with Gasteiger partial charge in [-0.3, -0.25) is 0 Å². The highest BCUT2D eigenvalue weighted by atomic mass is 16.5. The van der Waals surface area contributed by atoms with Crippen LogP contribution in [0, 0.1) is 5.92 Å². The number of benzene rings is 2. The average molecular weight is 414 g/mol. The SMILES string of the molecule is COc1ccc(C(=O)OC2CCC(O)(c3cccc(OC)c3)C(CN(C)C)C2)cc1. The fraction of sp³-hybridized carbons (Fsp3) is 0.458.